The van der Waals surface area contributed by atoms with Gasteiger partial charge in [0, 0.05) is 40.4 Å². The van der Waals surface area contributed by atoms with Gasteiger partial charge in [0.05, 0.1) is 22.4 Å². The molecule has 7 aromatic rings. The van der Waals surface area contributed by atoms with Crippen LogP contribution in [0.4, 0.5) is 0 Å². The van der Waals surface area contributed by atoms with Crippen molar-refractivity contribution in [3.05, 3.63) is 132 Å². The molecule has 0 amide bonds. The number of rotatable bonds is 9. The van der Waals surface area contributed by atoms with Crippen molar-refractivity contribution in [2.24, 2.45) is 5.41 Å². The highest BCUT2D eigenvalue weighted by molar-refractivity contribution is 6.09. The maximum Gasteiger partial charge on any atom is 0.137 e. The molecule has 5 heteroatoms. The molecule has 0 aliphatic carbocycles. The topological polar surface area (TPSA) is 44.9 Å². The molecule has 0 fully saturated rings. The molecule has 248 valence electrons. The number of fused-ring (bicyclic) bond motifs is 3. The summed E-state index contributed by atoms with van der Waals surface area (Å²) in [5, 5.41) is 7.35. The van der Waals surface area contributed by atoms with Gasteiger partial charge >= 0.3 is 0 Å². The van der Waals surface area contributed by atoms with E-state index in [1.54, 1.807) is 0 Å². The van der Waals surface area contributed by atoms with Crippen molar-refractivity contribution in [3.8, 4) is 34.1 Å². The highest BCUT2D eigenvalue weighted by Crippen LogP contribution is 2.40. The van der Waals surface area contributed by atoms with Crippen molar-refractivity contribution in [1.29, 1.82) is 0 Å². The number of benzene rings is 4. The summed E-state index contributed by atoms with van der Waals surface area (Å²) < 4.78 is 10.9. The molecule has 1 atom stereocenters. The third-order valence-corrected chi connectivity index (χ3v) is 10.1. The smallest absolute Gasteiger partial charge is 0.137 e. The predicted octanol–water partition coefficient (Wildman–Crippen LogP) is 11.9. The fraction of sp³-hybridized carbons (Fsp3) is 0.273. The first-order valence-electron chi connectivity index (χ1n) is 17.6. The lowest BCUT2D eigenvalue weighted by Gasteiger charge is -2.27. The molecule has 3 aromatic heterocycles. The fourth-order valence-corrected chi connectivity index (χ4v) is 6.95. The lowest BCUT2D eigenvalue weighted by molar-refractivity contribution is 0.340. The summed E-state index contributed by atoms with van der Waals surface area (Å²) in [6.07, 6.45) is 5.32. The molecule has 1 unspecified atom stereocenters. The first kappa shape index (κ1) is 32.4. The van der Waals surface area contributed by atoms with Gasteiger partial charge in [-0.1, -0.05) is 83.5 Å². The highest BCUT2D eigenvalue weighted by atomic mass is 16.5. The fourth-order valence-electron chi connectivity index (χ4n) is 6.95. The molecule has 4 aromatic carbocycles. The van der Waals surface area contributed by atoms with Crippen LogP contribution in [0.15, 0.2) is 109 Å². The van der Waals surface area contributed by atoms with Crippen molar-refractivity contribution in [1.82, 2.24) is 19.3 Å². The van der Waals surface area contributed by atoms with Gasteiger partial charge in [-0.2, -0.15) is 5.10 Å². The van der Waals surface area contributed by atoms with Gasteiger partial charge < -0.3 is 4.74 Å². The Morgan fingerprint density at radius 2 is 1.57 bits per heavy atom. The normalized spacial score (nSPS) is 12.6. The minimum absolute atomic E-state index is 0.160. The standard InChI is InChI=1S/C44H46N4O/c1-8-9-14-32-23-24-45-42(25-32)47-40-22-19-34(29(2)44(5,6)7)26-39(40)38-21-20-37(28-41(38)47)49-36-18-13-17-35(27-36)48-31(4)43(30(3)46-48)33-15-11-10-12-16-33/h10-13,15-29H,8-9,14H2,1-7H3. The summed E-state index contributed by atoms with van der Waals surface area (Å²) in [5.74, 6) is 2.88. The summed E-state index contributed by atoms with van der Waals surface area (Å²) in [5.41, 5.74) is 10.4. The van der Waals surface area contributed by atoms with Crippen LogP contribution in [0.2, 0.25) is 0 Å². The van der Waals surface area contributed by atoms with Crippen molar-refractivity contribution in [2.75, 3.05) is 0 Å². The Labute approximate surface area is 290 Å². The van der Waals surface area contributed by atoms with Crippen LogP contribution < -0.4 is 4.74 Å². The summed E-state index contributed by atoms with van der Waals surface area (Å²) >= 11 is 0. The number of unbranched alkanes of at least 4 members (excludes halogenated alkanes) is 1. The van der Waals surface area contributed by atoms with Gasteiger partial charge in [-0.25, -0.2) is 9.67 Å². The Balaban J connectivity index is 1.31. The van der Waals surface area contributed by atoms with E-state index in [4.69, 9.17) is 14.8 Å². The highest BCUT2D eigenvalue weighted by Gasteiger charge is 2.23. The SMILES string of the molecule is CCCCc1ccnc(-n2c3ccc(C(C)C(C)(C)C)cc3c3ccc(Oc4cccc(-n5nc(C)c(-c6ccccc6)c5C)c4)cc32)c1. The average Bonchev–Trinajstić information content (AvgIpc) is 3.59. The minimum Gasteiger partial charge on any atom is -0.457 e. The number of ether oxygens (including phenoxy) is 1. The molecule has 0 N–H and O–H groups in total. The molecule has 0 saturated heterocycles. The van der Waals surface area contributed by atoms with E-state index in [9.17, 15) is 0 Å². The first-order valence-corrected chi connectivity index (χ1v) is 17.6. The van der Waals surface area contributed by atoms with Gasteiger partial charge in [0.1, 0.15) is 17.3 Å². The number of hydrogen-bond acceptors (Lipinski definition) is 3. The van der Waals surface area contributed by atoms with Crippen LogP contribution in [0.1, 0.15) is 75.9 Å². The van der Waals surface area contributed by atoms with Gasteiger partial charge in [0.15, 0.2) is 0 Å². The monoisotopic (exact) mass is 646 g/mol. The first-order chi connectivity index (χ1) is 23.6. The lowest BCUT2D eigenvalue weighted by Crippen LogP contribution is -2.15. The zero-order chi connectivity index (χ0) is 34.3. The maximum absolute atomic E-state index is 6.61. The average molecular weight is 647 g/mol. The Bertz CT molecular complexity index is 2270. The molecule has 49 heavy (non-hydrogen) atoms. The number of aromatic nitrogens is 4. The van der Waals surface area contributed by atoms with E-state index in [-0.39, 0.29) is 5.41 Å². The molecule has 5 nitrogen and oxygen atoms in total. The third kappa shape index (κ3) is 6.26. The largest absolute Gasteiger partial charge is 0.457 e. The van der Waals surface area contributed by atoms with E-state index >= 15 is 0 Å². The summed E-state index contributed by atoms with van der Waals surface area (Å²) in [6.45, 7) is 15.7. The van der Waals surface area contributed by atoms with E-state index in [2.05, 4.69) is 138 Å². The molecule has 0 spiro atoms. The van der Waals surface area contributed by atoms with Crippen molar-refractivity contribution in [2.45, 2.75) is 73.6 Å². The molecular weight excluding hydrogens is 601 g/mol. The van der Waals surface area contributed by atoms with Crippen LogP contribution in [-0.4, -0.2) is 19.3 Å². The quantitative estimate of drug-likeness (QED) is 0.157. The number of pyridine rings is 1. The van der Waals surface area contributed by atoms with Gasteiger partial charge in [0.2, 0.25) is 0 Å². The second-order valence-electron chi connectivity index (χ2n) is 14.4. The second kappa shape index (κ2) is 13.0. The van der Waals surface area contributed by atoms with Crippen LogP contribution in [0.25, 0.3) is 44.4 Å². The molecule has 0 bridgehead atoms. The number of hydrogen-bond donors (Lipinski definition) is 0. The van der Waals surface area contributed by atoms with E-state index in [1.165, 1.54) is 27.5 Å². The lowest BCUT2D eigenvalue weighted by atomic mass is 9.77. The molecule has 0 aliphatic heterocycles. The van der Waals surface area contributed by atoms with Crippen LogP contribution in [0, 0.1) is 19.3 Å². The summed E-state index contributed by atoms with van der Waals surface area (Å²) in [6, 6.07) is 36.4. The Morgan fingerprint density at radius 3 is 2.35 bits per heavy atom. The summed E-state index contributed by atoms with van der Waals surface area (Å²) in [4.78, 5) is 4.90. The zero-order valence-corrected chi connectivity index (χ0v) is 29.8. The molecule has 0 aliphatic rings. The Hall–Kier alpha value is -5.16. The molecular formula is C44H46N4O. The molecule has 0 radical (unpaired) electrons. The van der Waals surface area contributed by atoms with Crippen molar-refractivity contribution >= 4 is 21.8 Å². The predicted molar refractivity (Wildman–Crippen MR) is 204 cm³/mol. The number of aryl methyl sites for hydroxylation is 2. The zero-order valence-electron chi connectivity index (χ0n) is 29.8. The van der Waals surface area contributed by atoms with E-state index < -0.39 is 0 Å². The van der Waals surface area contributed by atoms with Crippen LogP contribution >= 0.6 is 0 Å². The van der Waals surface area contributed by atoms with E-state index in [1.807, 2.05) is 29.1 Å². The van der Waals surface area contributed by atoms with Crippen LogP contribution in [0.3, 0.4) is 0 Å². The van der Waals surface area contributed by atoms with Gasteiger partial charge in [-0.05, 0) is 103 Å². The minimum atomic E-state index is 0.160. The summed E-state index contributed by atoms with van der Waals surface area (Å²) in [7, 11) is 0. The van der Waals surface area contributed by atoms with E-state index in [0.717, 1.165) is 70.3 Å². The van der Waals surface area contributed by atoms with E-state index in [0.29, 0.717) is 5.92 Å². The Morgan fingerprint density at radius 1 is 0.776 bits per heavy atom. The van der Waals surface area contributed by atoms with Crippen LogP contribution in [0.5, 0.6) is 11.5 Å². The number of nitrogens with zero attached hydrogens (tertiary/aromatic N) is 4. The van der Waals surface area contributed by atoms with Crippen molar-refractivity contribution < 1.29 is 4.74 Å². The van der Waals surface area contributed by atoms with Crippen molar-refractivity contribution in [3.63, 3.8) is 0 Å². The Kier molecular flexibility index (Phi) is 8.62. The van der Waals surface area contributed by atoms with Gasteiger partial charge in [-0.15, -0.1) is 0 Å². The van der Waals surface area contributed by atoms with Gasteiger partial charge in [0.25, 0.3) is 0 Å². The maximum atomic E-state index is 6.61. The third-order valence-electron chi connectivity index (χ3n) is 10.1. The van der Waals surface area contributed by atoms with Gasteiger partial charge in [-0.3, -0.25) is 4.57 Å². The van der Waals surface area contributed by atoms with Crippen LogP contribution in [-0.2, 0) is 6.42 Å². The molecule has 7 rings (SSSR count). The second-order valence-corrected chi connectivity index (χ2v) is 14.4. The molecule has 3 heterocycles. The molecule has 0 saturated carbocycles.